The van der Waals surface area contributed by atoms with Crippen LogP contribution in [0.25, 0.3) is 16.6 Å². The van der Waals surface area contributed by atoms with Gasteiger partial charge in [-0.3, -0.25) is 4.79 Å². The summed E-state index contributed by atoms with van der Waals surface area (Å²) >= 11 is 0. The zero-order valence-electron chi connectivity index (χ0n) is 20.7. The van der Waals surface area contributed by atoms with Gasteiger partial charge in [0.15, 0.2) is 5.82 Å². The van der Waals surface area contributed by atoms with Crippen LogP contribution in [0, 0.1) is 26.7 Å². The fourth-order valence-electron chi connectivity index (χ4n) is 5.32. The van der Waals surface area contributed by atoms with Crippen LogP contribution in [0.5, 0.6) is 0 Å². The number of fused-ring (bicyclic) bond motifs is 1. The molecule has 4 heterocycles. The third-order valence-electron chi connectivity index (χ3n) is 7.39. The summed E-state index contributed by atoms with van der Waals surface area (Å²) in [4.78, 5) is 16.8. The molecule has 2 aliphatic heterocycles. The van der Waals surface area contributed by atoms with E-state index >= 15 is 0 Å². The number of likely N-dealkylation sites (tertiary alicyclic amines) is 1. The van der Waals surface area contributed by atoms with Crippen molar-refractivity contribution in [3.63, 3.8) is 0 Å². The van der Waals surface area contributed by atoms with Crippen molar-refractivity contribution in [1.29, 1.82) is 0 Å². The Morgan fingerprint density at radius 3 is 2.44 bits per heavy atom. The summed E-state index contributed by atoms with van der Waals surface area (Å²) in [6, 6.07) is 8.77. The number of nitrogens with one attached hydrogen (secondary N) is 1. The topological polar surface area (TPSA) is 79.2 Å². The standard InChI is InChI=1S/C26H35N7O/c1-17-5-8-22(9-6-17)33-19(3)24-18(2)28-29-26(25(24)30-33)32-13-11-20(12-14-32)7-10-23(34)27-21-15-31(4)16-21/h5-6,8-9,20-21H,7,10-16H2,1-4H3,(H,27,34). The number of likely N-dealkylation sites (N-methyl/N-ethyl adjacent to an activating group) is 1. The second kappa shape index (κ2) is 9.33. The monoisotopic (exact) mass is 461 g/mol. The molecule has 2 aliphatic rings. The van der Waals surface area contributed by atoms with Gasteiger partial charge in [0.1, 0.15) is 5.52 Å². The number of aryl methyl sites for hydroxylation is 3. The van der Waals surface area contributed by atoms with E-state index in [1.165, 1.54) is 5.56 Å². The molecule has 0 saturated carbocycles. The first kappa shape index (κ1) is 22.8. The van der Waals surface area contributed by atoms with E-state index in [2.05, 4.69) is 70.5 Å². The van der Waals surface area contributed by atoms with Crippen LogP contribution in [0.1, 0.15) is 42.6 Å². The first-order valence-corrected chi connectivity index (χ1v) is 12.4. The summed E-state index contributed by atoms with van der Waals surface area (Å²) in [6.07, 6.45) is 3.71. The van der Waals surface area contributed by atoms with Crippen molar-refractivity contribution in [2.75, 3.05) is 38.1 Å². The molecule has 5 rings (SSSR count). The molecule has 3 aromatic rings. The van der Waals surface area contributed by atoms with Crippen LogP contribution in [0.2, 0.25) is 0 Å². The highest BCUT2D eigenvalue weighted by Gasteiger charge is 2.27. The van der Waals surface area contributed by atoms with E-state index in [0.29, 0.717) is 18.4 Å². The van der Waals surface area contributed by atoms with Gasteiger partial charge in [-0.05, 0) is 65.1 Å². The van der Waals surface area contributed by atoms with E-state index in [9.17, 15) is 4.79 Å². The summed E-state index contributed by atoms with van der Waals surface area (Å²) in [5, 5.41) is 18.3. The highest BCUT2D eigenvalue weighted by molar-refractivity contribution is 5.92. The summed E-state index contributed by atoms with van der Waals surface area (Å²) in [7, 11) is 2.08. The molecule has 0 radical (unpaired) electrons. The van der Waals surface area contributed by atoms with Crippen LogP contribution in [0.15, 0.2) is 24.3 Å². The lowest BCUT2D eigenvalue weighted by Crippen LogP contribution is -2.57. The lowest BCUT2D eigenvalue weighted by Gasteiger charge is -2.36. The smallest absolute Gasteiger partial charge is 0.220 e. The minimum atomic E-state index is 0.198. The maximum Gasteiger partial charge on any atom is 0.220 e. The van der Waals surface area contributed by atoms with E-state index in [1.807, 2.05) is 11.6 Å². The van der Waals surface area contributed by atoms with Gasteiger partial charge in [0.05, 0.1) is 28.5 Å². The number of hydrogen-bond donors (Lipinski definition) is 1. The van der Waals surface area contributed by atoms with E-state index < -0.39 is 0 Å². The van der Waals surface area contributed by atoms with Crippen LogP contribution in [-0.4, -0.2) is 70.1 Å². The van der Waals surface area contributed by atoms with Gasteiger partial charge >= 0.3 is 0 Å². The van der Waals surface area contributed by atoms with Gasteiger partial charge < -0.3 is 15.1 Å². The molecule has 34 heavy (non-hydrogen) atoms. The largest absolute Gasteiger partial charge is 0.353 e. The molecular formula is C26H35N7O. The summed E-state index contributed by atoms with van der Waals surface area (Å²) < 4.78 is 2.01. The van der Waals surface area contributed by atoms with Gasteiger partial charge in [-0.2, -0.15) is 10.2 Å². The molecule has 0 atom stereocenters. The maximum absolute atomic E-state index is 12.3. The highest BCUT2D eigenvalue weighted by Crippen LogP contribution is 2.32. The first-order chi connectivity index (χ1) is 16.4. The summed E-state index contributed by atoms with van der Waals surface area (Å²) in [6.45, 7) is 9.98. The Labute approximate surface area is 201 Å². The van der Waals surface area contributed by atoms with Gasteiger partial charge in [0.25, 0.3) is 0 Å². The number of carbonyl (C=O) groups is 1. The Hall–Kier alpha value is -3.00. The SMILES string of the molecule is Cc1ccc(-n2nc3c(N4CCC(CCC(=O)NC5CN(C)C5)CC4)nnc(C)c3c2C)cc1. The molecule has 2 fully saturated rings. The third-order valence-corrected chi connectivity index (χ3v) is 7.39. The summed E-state index contributed by atoms with van der Waals surface area (Å²) in [5.41, 5.74) is 5.21. The number of amides is 1. The first-order valence-electron chi connectivity index (χ1n) is 12.4. The average Bonchev–Trinajstić information content (AvgIpc) is 3.16. The Balaban J connectivity index is 1.26. The van der Waals surface area contributed by atoms with Crippen molar-refractivity contribution in [2.24, 2.45) is 5.92 Å². The third kappa shape index (κ3) is 4.51. The van der Waals surface area contributed by atoms with Crippen molar-refractivity contribution in [3.8, 4) is 5.69 Å². The zero-order valence-corrected chi connectivity index (χ0v) is 20.7. The molecule has 0 aliphatic carbocycles. The van der Waals surface area contributed by atoms with E-state index in [4.69, 9.17) is 5.10 Å². The molecule has 1 aromatic carbocycles. The highest BCUT2D eigenvalue weighted by atomic mass is 16.1. The number of aromatic nitrogens is 4. The number of anilines is 1. The molecule has 2 aromatic heterocycles. The molecule has 2 saturated heterocycles. The Morgan fingerprint density at radius 1 is 1.06 bits per heavy atom. The van der Waals surface area contributed by atoms with E-state index in [-0.39, 0.29) is 5.91 Å². The number of nitrogens with zero attached hydrogens (tertiary/aromatic N) is 6. The van der Waals surface area contributed by atoms with Crippen molar-refractivity contribution in [2.45, 2.75) is 52.5 Å². The van der Waals surface area contributed by atoms with E-state index in [1.54, 1.807) is 0 Å². The quantitative estimate of drug-likeness (QED) is 0.608. The van der Waals surface area contributed by atoms with Crippen LogP contribution in [-0.2, 0) is 4.79 Å². The van der Waals surface area contributed by atoms with Gasteiger partial charge in [-0.25, -0.2) is 4.68 Å². The zero-order chi connectivity index (χ0) is 23.8. The minimum absolute atomic E-state index is 0.198. The average molecular weight is 462 g/mol. The molecule has 0 spiro atoms. The van der Waals surface area contributed by atoms with Gasteiger partial charge in [0, 0.05) is 32.6 Å². The Bertz CT molecular complexity index is 1170. The molecule has 0 bridgehead atoms. The van der Waals surface area contributed by atoms with Crippen LogP contribution < -0.4 is 10.2 Å². The van der Waals surface area contributed by atoms with Gasteiger partial charge in [0.2, 0.25) is 5.91 Å². The number of hydrogen-bond acceptors (Lipinski definition) is 6. The molecule has 1 amide bonds. The van der Waals surface area contributed by atoms with Crippen LogP contribution in [0.4, 0.5) is 5.82 Å². The number of carbonyl (C=O) groups excluding carboxylic acids is 1. The normalized spacial score (nSPS) is 17.8. The molecular weight excluding hydrogens is 426 g/mol. The van der Waals surface area contributed by atoms with Crippen LogP contribution in [0.3, 0.4) is 0 Å². The predicted octanol–water partition coefficient (Wildman–Crippen LogP) is 3.17. The molecule has 1 N–H and O–H groups in total. The second-order valence-electron chi connectivity index (χ2n) is 10.1. The Morgan fingerprint density at radius 2 is 1.76 bits per heavy atom. The fourth-order valence-corrected chi connectivity index (χ4v) is 5.32. The minimum Gasteiger partial charge on any atom is -0.353 e. The summed E-state index contributed by atoms with van der Waals surface area (Å²) in [5.74, 6) is 1.65. The van der Waals surface area contributed by atoms with Crippen molar-refractivity contribution in [3.05, 3.63) is 41.2 Å². The predicted molar refractivity (Wildman–Crippen MR) is 134 cm³/mol. The second-order valence-corrected chi connectivity index (χ2v) is 10.1. The number of benzene rings is 1. The maximum atomic E-state index is 12.3. The van der Waals surface area contributed by atoms with Crippen molar-refractivity contribution < 1.29 is 4.79 Å². The number of piperidine rings is 1. The fraction of sp³-hybridized carbons (Fsp3) is 0.538. The number of rotatable bonds is 6. The molecule has 180 valence electrons. The Kier molecular flexibility index (Phi) is 6.25. The molecule has 8 heteroatoms. The lowest BCUT2D eigenvalue weighted by molar-refractivity contribution is -0.123. The van der Waals surface area contributed by atoms with Gasteiger partial charge in [-0.1, -0.05) is 17.7 Å². The van der Waals surface area contributed by atoms with Crippen molar-refractivity contribution in [1.82, 2.24) is 30.2 Å². The van der Waals surface area contributed by atoms with Crippen molar-refractivity contribution >= 4 is 22.6 Å². The van der Waals surface area contributed by atoms with Crippen LogP contribution >= 0.6 is 0 Å². The molecule has 8 nitrogen and oxygen atoms in total. The lowest BCUT2D eigenvalue weighted by atomic mass is 9.92. The van der Waals surface area contributed by atoms with E-state index in [0.717, 1.165) is 79.2 Å². The van der Waals surface area contributed by atoms with Gasteiger partial charge in [-0.15, -0.1) is 5.10 Å². The molecule has 0 unspecified atom stereocenters.